The second-order valence-corrected chi connectivity index (χ2v) is 2.26. The zero-order valence-corrected chi connectivity index (χ0v) is 6.15. The van der Waals surface area contributed by atoms with Gasteiger partial charge in [-0.3, -0.25) is 0 Å². The van der Waals surface area contributed by atoms with Crippen LogP contribution in [-0.4, -0.2) is 12.7 Å². The molecule has 4 heteroatoms. The number of halogens is 3. The van der Waals surface area contributed by atoms with Gasteiger partial charge in [0.1, 0.15) is 6.54 Å². The summed E-state index contributed by atoms with van der Waals surface area (Å²) in [5.41, 5.74) is 0.450. The van der Waals surface area contributed by atoms with Crippen molar-refractivity contribution in [3.05, 3.63) is 30.3 Å². The number of anilines is 1. The summed E-state index contributed by atoms with van der Waals surface area (Å²) in [6.45, 7) is -1.00. The van der Waals surface area contributed by atoms with Crippen LogP contribution in [0.2, 0.25) is 0 Å². The Balaban J connectivity index is 2.44. The zero-order valence-electron chi connectivity index (χ0n) is 6.15. The van der Waals surface area contributed by atoms with Crippen molar-refractivity contribution in [2.45, 2.75) is 6.18 Å². The average Bonchev–Trinajstić information content (AvgIpc) is 2.02. The highest BCUT2D eigenvalue weighted by molar-refractivity contribution is 5.42. The molecule has 12 heavy (non-hydrogen) atoms. The van der Waals surface area contributed by atoms with Gasteiger partial charge in [0, 0.05) is 5.69 Å². The normalized spacial score (nSPS) is 11.2. The van der Waals surface area contributed by atoms with Crippen molar-refractivity contribution in [3.8, 4) is 0 Å². The lowest BCUT2D eigenvalue weighted by Crippen LogP contribution is -2.21. The number of hydrogen-bond donors (Lipinski definition) is 1. The second kappa shape index (κ2) is 3.47. The Kier molecular flexibility index (Phi) is 2.58. The third-order valence-corrected chi connectivity index (χ3v) is 1.21. The van der Waals surface area contributed by atoms with Crippen LogP contribution in [0.3, 0.4) is 0 Å². The molecule has 0 aliphatic carbocycles. The van der Waals surface area contributed by atoms with E-state index in [-0.39, 0.29) is 0 Å². The first-order chi connectivity index (χ1) is 5.58. The van der Waals surface area contributed by atoms with E-state index >= 15 is 0 Å². The first-order valence-corrected chi connectivity index (χ1v) is 3.35. The summed E-state index contributed by atoms with van der Waals surface area (Å²) in [4.78, 5) is 0. The van der Waals surface area contributed by atoms with Crippen molar-refractivity contribution in [3.63, 3.8) is 0 Å². The largest absolute Gasteiger partial charge is 0.405 e. The molecule has 0 aliphatic heterocycles. The molecular weight excluding hydrogens is 167 g/mol. The standard InChI is InChI=1S/C8H7F3N/c9-8(10,11)6-12-7-4-2-1-3-5-7/h2-5,12H,6H2. The highest BCUT2D eigenvalue weighted by Gasteiger charge is 2.26. The Bertz CT molecular complexity index is 230. The van der Waals surface area contributed by atoms with E-state index in [1.807, 2.05) is 0 Å². The van der Waals surface area contributed by atoms with E-state index in [1.165, 1.54) is 12.1 Å². The van der Waals surface area contributed by atoms with Crippen molar-refractivity contribution in [2.24, 2.45) is 0 Å². The molecule has 65 valence electrons. The highest BCUT2D eigenvalue weighted by Crippen LogP contribution is 2.15. The molecule has 0 unspecified atom stereocenters. The van der Waals surface area contributed by atoms with E-state index < -0.39 is 12.7 Å². The number of alkyl halides is 3. The lowest BCUT2D eigenvalue weighted by Gasteiger charge is -2.08. The first kappa shape index (κ1) is 8.90. The fraction of sp³-hybridized carbons (Fsp3) is 0.250. The van der Waals surface area contributed by atoms with Crippen LogP contribution in [-0.2, 0) is 0 Å². The van der Waals surface area contributed by atoms with Crippen molar-refractivity contribution in [1.82, 2.24) is 0 Å². The summed E-state index contributed by atoms with van der Waals surface area (Å²) in [6.07, 6.45) is -4.17. The molecule has 0 fully saturated rings. The Morgan fingerprint density at radius 2 is 1.83 bits per heavy atom. The summed E-state index contributed by atoms with van der Waals surface area (Å²) in [7, 11) is 0. The van der Waals surface area contributed by atoms with E-state index in [9.17, 15) is 13.2 Å². The summed E-state index contributed by atoms with van der Waals surface area (Å²) in [6, 6.07) is 8.88. The quantitative estimate of drug-likeness (QED) is 0.726. The molecule has 0 aliphatic rings. The maximum absolute atomic E-state index is 11.7. The minimum Gasteiger partial charge on any atom is -0.376 e. The van der Waals surface area contributed by atoms with Gasteiger partial charge in [-0.15, -0.1) is 0 Å². The summed E-state index contributed by atoms with van der Waals surface area (Å²) >= 11 is 0. The first-order valence-electron chi connectivity index (χ1n) is 3.35. The van der Waals surface area contributed by atoms with E-state index in [0.717, 1.165) is 0 Å². The van der Waals surface area contributed by atoms with Crippen molar-refractivity contribution >= 4 is 5.69 Å². The van der Waals surface area contributed by atoms with Crippen LogP contribution in [0.1, 0.15) is 0 Å². The Morgan fingerprint density at radius 1 is 1.25 bits per heavy atom. The van der Waals surface area contributed by atoms with Crippen LogP contribution in [0.4, 0.5) is 18.9 Å². The van der Waals surface area contributed by atoms with Gasteiger partial charge in [-0.1, -0.05) is 12.1 Å². The van der Waals surface area contributed by atoms with Gasteiger partial charge < -0.3 is 5.32 Å². The fourth-order valence-electron chi connectivity index (χ4n) is 0.707. The molecule has 0 heterocycles. The zero-order chi connectivity index (χ0) is 9.03. The van der Waals surface area contributed by atoms with Gasteiger partial charge in [-0.25, -0.2) is 0 Å². The molecule has 0 amide bonds. The molecule has 1 aromatic carbocycles. The molecule has 1 rings (SSSR count). The van der Waals surface area contributed by atoms with Crippen LogP contribution in [0.25, 0.3) is 0 Å². The minimum atomic E-state index is -4.17. The number of benzene rings is 1. The smallest absolute Gasteiger partial charge is 0.376 e. The van der Waals surface area contributed by atoms with Crippen molar-refractivity contribution in [2.75, 3.05) is 11.9 Å². The lowest BCUT2D eigenvalue weighted by molar-refractivity contribution is -0.115. The fourth-order valence-corrected chi connectivity index (χ4v) is 0.707. The average molecular weight is 174 g/mol. The molecule has 1 aromatic rings. The molecule has 0 aromatic heterocycles. The minimum absolute atomic E-state index is 0.450. The Labute approximate surface area is 68.2 Å². The second-order valence-electron chi connectivity index (χ2n) is 2.26. The SMILES string of the molecule is FC(F)(F)CNc1cc[c]cc1. The third kappa shape index (κ3) is 3.27. The van der Waals surface area contributed by atoms with Gasteiger partial charge in [0.05, 0.1) is 0 Å². The molecule has 0 bridgehead atoms. The van der Waals surface area contributed by atoms with E-state index in [4.69, 9.17) is 0 Å². The number of nitrogens with one attached hydrogen (secondary N) is 1. The molecule has 0 spiro atoms. The van der Waals surface area contributed by atoms with Crippen LogP contribution in [0.5, 0.6) is 0 Å². The molecule has 1 nitrogen and oxygen atoms in total. The summed E-state index contributed by atoms with van der Waals surface area (Å²) in [5, 5.41) is 2.24. The van der Waals surface area contributed by atoms with Crippen molar-refractivity contribution < 1.29 is 13.2 Å². The van der Waals surface area contributed by atoms with Gasteiger partial charge in [-0.2, -0.15) is 13.2 Å². The molecule has 1 N–H and O–H groups in total. The maximum Gasteiger partial charge on any atom is 0.405 e. The van der Waals surface area contributed by atoms with Crippen LogP contribution < -0.4 is 5.32 Å². The van der Waals surface area contributed by atoms with Gasteiger partial charge in [0.15, 0.2) is 0 Å². The van der Waals surface area contributed by atoms with E-state index in [2.05, 4.69) is 11.4 Å². The maximum atomic E-state index is 11.7. The van der Waals surface area contributed by atoms with Gasteiger partial charge in [0.2, 0.25) is 0 Å². The molecule has 1 radical (unpaired) electrons. The summed E-state index contributed by atoms with van der Waals surface area (Å²) in [5.74, 6) is 0. The van der Waals surface area contributed by atoms with Crippen LogP contribution >= 0.6 is 0 Å². The highest BCUT2D eigenvalue weighted by atomic mass is 19.4. The van der Waals surface area contributed by atoms with Crippen molar-refractivity contribution in [1.29, 1.82) is 0 Å². The van der Waals surface area contributed by atoms with Gasteiger partial charge in [0.25, 0.3) is 0 Å². The van der Waals surface area contributed by atoms with E-state index in [0.29, 0.717) is 5.69 Å². The summed E-state index contributed by atoms with van der Waals surface area (Å²) < 4.78 is 35.0. The molecule has 0 atom stereocenters. The van der Waals surface area contributed by atoms with Crippen LogP contribution in [0, 0.1) is 6.07 Å². The van der Waals surface area contributed by atoms with Crippen LogP contribution in [0.15, 0.2) is 24.3 Å². The monoisotopic (exact) mass is 174 g/mol. The predicted molar refractivity (Wildman–Crippen MR) is 39.8 cm³/mol. The third-order valence-electron chi connectivity index (χ3n) is 1.21. The Morgan fingerprint density at radius 3 is 2.33 bits per heavy atom. The number of rotatable bonds is 2. The number of hydrogen-bond acceptors (Lipinski definition) is 1. The van der Waals surface area contributed by atoms with Gasteiger partial charge >= 0.3 is 6.18 Å². The molecular formula is C8H7F3N. The van der Waals surface area contributed by atoms with Gasteiger partial charge in [-0.05, 0) is 18.2 Å². The Hall–Kier alpha value is -1.19. The predicted octanol–water partition coefficient (Wildman–Crippen LogP) is 2.46. The van der Waals surface area contributed by atoms with E-state index in [1.54, 1.807) is 12.1 Å². The lowest BCUT2D eigenvalue weighted by atomic mass is 10.3. The molecule has 0 saturated carbocycles. The molecule has 0 saturated heterocycles. The topological polar surface area (TPSA) is 12.0 Å².